The lowest BCUT2D eigenvalue weighted by Crippen LogP contribution is -2.36. The van der Waals surface area contributed by atoms with Crippen LogP contribution in [-0.4, -0.2) is 68.8 Å². The molecule has 5 heterocycles. The number of rotatable bonds is 6. The van der Waals surface area contributed by atoms with Crippen molar-refractivity contribution < 1.29 is 16.8 Å². The number of nitrogens with zero attached hydrogens (tertiary/aromatic N) is 6. The standard InChI is InChI=1S/C44H40N10O4S2/c55-59(56,53-25-13-3-1-4-14-25)33-23-11-21-31-35(33)43-49-39-29-19-9-7-17-27(29)38(45-39)48-42-32-22-12-24-34(60(57,58)54-26-15-5-2-6-16-26)36(32)44(52-42)50-40-30-20-10-8-18-28(30)37(46-40)47-41(31)51-43/h7-12,17-26,53-54H,1-6,13-16H2,(H2,45,46,47,48,49,50,51,52). The summed E-state index contributed by atoms with van der Waals surface area (Å²) >= 11 is 0. The zero-order chi connectivity index (χ0) is 40.6. The van der Waals surface area contributed by atoms with Gasteiger partial charge in [0.15, 0.2) is 23.3 Å². The maximum absolute atomic E-state index is 14.3. The topological polar surface area (TPSA) is 201 Å². The minimum atomic E-state index is -4.00. The van der Waals surface area contributed by atoms with Crippen molar-refractivity contribution in [2.75, 3.05) is 0 Å². The van der Waals surface area contributed by atoms with Gasteiger partial charge in [-0.15, -0.1) is 0 Å². The van der Waals surface area contributed by atoms with E-state index in [0.717, 1.165) is 85.8 Å². The third kappa shape index (κ3) is 6.36. The summed E-state index contributed by atoms with van der Waals surface area (Å²) in [6, 6.07) is 25.1. The fourth-order valence-corrected chi connectivity index (χ4v) is 12.2. The molecule has 4 N–H and O–H groups in total. The van der Waals surface area contributed by atoms with E-state index in [9.17, 15) is 16.8 Å². The summed E-state index contributed by atoms with van der Waals surface area (Å²) in [4.78, 5) is 37.0. The van der Waals surface area contributed by atoms with Crippen molar-refractivity contribution in [3.63, 3.8) is 0 Å². The number of H-pyrrole nitrogens is 2. The molecule has 0 saturated heterocycles. The summed E-state index contributed by atoms with van der Waals surface area (Å²) in [5.74, 6) is 0.899. The summed E-state index contributed by atoms with van der Waals surface area (Å²) < 4.78 is 63.0. The second kappa shape index (κ2) is 14.4. The Kier molecular flexibility index (Phi) is 8.88. The maximum atomic E-state index is 14.3. The fraction of sp³-hybridized carbons (Fsp3) is 0.273. The normalized spacial score (nSPS) is 16.3. The van der Waals surface area contributed by atoms with Gasteiger partial charge in [-0.3, -0.25) is 0 Å². The van der Waals surface area contributed by atoms with Crippen LogP contribution in [0.25, 0.3) is 89.7 Å². The summed E-state index contributed by atoms with van der Waals surface area (Å²) in [6.07, 6.45) is 9.20. The van der Waals surface area contributed by atoms with E-state index in [4.69, 9.17) is 29.9 Å². The van der Waals surface area contributed by atoms with Crippen molar-refractivity contribution in [3.05, 3.63) is 84.9 Å². The molecule has 8 bridgehead atoms. The highest BCUT2D eigenvalue weighted by molar-refractivity contribution is 7.90. The zero-order valence-corrected chi connectivity index (χ0v) is 34.1. The van der Waals surface area contributed by atoms with Gasteiger partial charge >= 0.3 is 0 Å². The van der Waals surface area contributed by atoms with Crippen LogP contribution in [0.5, 0.6) is 0 Å². The van der Waals surface area contributed by atoms with E-state index in [1.165, 1.54) is 0 Å². The summed E-state index contributed by atoms with van der Waals surface area (Å²) in [5.41, 5.74) is 3.39. The summed E-state index contributed by atoms with van der Waals surface area (Å²) in [7, 11) is -8.00. The lowest BCUT2D eigenvalue weighted by Gasteiger charge is -2.23. The highest BCUT2D eigenvalue weighted by Gasteiger charge is 2.33. The Balaban J connectivity index is 1.20. The number of aromatic amines is 2. The SMILES string of the molecule is O=S(=O)(NC1CCCCC1)c1cccc2c1-c1nc-2nc2[nH]c(nc3nc(nc4[nH]c(n1)c1ccccc41)-c1cccc(S(=O)(=O)NC4CCCCC4)c1-3)c1ccccc21. The number of hydrogen-bond acceptors (Lipinski definition) is 10. The summed E-state index contributed by atoms with van der Waals surface area (Å²) in [6.45, 7) is 0. The number of fused-ring (bicyclic) bond motifs is 20. The Morgan fingerprint density at radius 2 is 0.767 bits per heavy atom. The van der Waals surface area contributed by atoms with Gasteiger partial charge in [-0.1, -0.05) is 111 Å². The van der Waals surface area contributed by atoms with Gasteiger partial charge in [0.25, 0.3) is 0 Å². The Morgan fingerprint density at radius 3 is 1.13 bits per heavy atom. The molecule has 4 aromatic carbocycles. The molecule has 4 aliphatic rings. The van der Waals surface area contributed by atoms with Gasteiger partial charge in [0.05, 0.1) is 20.9 Å². The van der Waals surface area contributed by atoms with Crippen LogP contribution in [0.3, 0.4) is 0 Å². The number of nitrogens with one attached hydrogen (secondary N) is 4. The molecule has 0 spiro atoms. The smallest absolute Gasteiger partial charge is 0.241 e. The van der Waals surface area contributed by atoms with Gasteiger partial charge < -0.3 is 9.97 Å². The predicted octanol–water partition coefficient (Wildman–Crippen LogP) is 8.09. The van der Waals surface area contributed by atoms with E-state index in [1.807, 2.05) is 60.7 Å². The van der Waals surface area contributed by atoms with Crippen LogP contribution in [0, 0.1) is 0 Å². The lowest BCUT2D eigenvalue weighted by molar-refractivity contribution is 0.412. The molecule has 16 heteroatoms. The van der Waals surface area contributed by atoms with Crippen LogP contribution < -0.4 is 9.44 Å². The van der Waals surface area contributed by atoms with Crippen LogP contribution >= 0.6 is 0 Å². The first kappa shape index (κ1) is 37.1. The molecule has 2 aliphatic heterocycles. The maximum Gasteiger partial charge on any atom is 0.241 e. The van der Waals surface area contributed by atoms with Crippen molar-refractivity contribution >= 4 is 64.2 Å². The molecular formula is C44H40N10O4S2. The van der Waals surface area contributed by atoms with E-state index in [0.29, 0.717) is 44.8 Å². The Bertz CT molecular complexity index is 3080. The molecule has 14 nitrogen and oxygen atoms in total. The molecule has 3 aromatic heterocycles. The first-order valence-electron chi connectivity index (χ1n) is 20.5. The molecular weight excluding hydrogens is 797 g/mol. The van der Waals surface area contributed by atoms with Crippen LogP contribution in [0.1, 0.15) is 64.2 Å². The first-order chi connectivity index (χ1) is 29.2. The van der Waals surface area contributed by atoms with E-state index in [1.54, 1.807) is 24.3 Å². The van der Waals surface area contributed by atoms with Gasteiger partial charge in [-0.2, -0.15) is 0 Å². The molecule has 2 fully saturated rings. The molecule has 11 rings (SSSR count). The predicted molar refractivity (Wildman–Crippen MR) is 230 cm³/mol. The third-order valence-corrected chi connectivity index (χ3v) is 15.2. The molecule has 0 amide bonds. The molecule has 7 aromatic rings. The fourth-order valence-electron chi connectivity index (χ4n) is 9.18. The molecule has 302 valence electrons. The van der Waals surface area contributed by atoms with Crippen molar-refractivity contribution in [1.29, 1.82) is 0 Å². The Morgan fingerprint density at radius 1 is 0.417 bits per heavy atom. The second-order valence-electron chi connectivity index (χ2n) is 16.0. The highest BCUT2D eigenvalue weighted by Crippen LogP contribution is 2.41. The van der Waals surface area contributed by atoms with E-state index >= 15 is 0 Å². The monoisotopic (exact) mass is 836 g/mol. The van der Waals surface area contributed by atoms with Crippen LogP contribution in [-0.2, 0) is 20.0 Å². The molecule has 60 heavy (non-hydrogen) atoms. The number of sulfonamides is 2. The van der Waals surface area contributed by atoms with Gasteiger partial charge in [0, 0.05) is 44.8 Å². The van der Waals surface area contributed by atoms with Crippen LogP contribution in [0.4, 0.5) is 0 Å². The zero-order valence-electron chi connectivity index (χ0n) is 32.4. The Hall–Kier alpha value is -5.94. The number of benzene rings is 4. The van der Waals surface area contributed by atoms with Crippen molar-refractivity contribution in [1.82, 2.24) is 49.3 Å². The largest absolute Gasteiger partial charge is 0.324 e. The van der Waals surface area contributed by atoms with E-state index in [-0.39, 0.29) is 45.2 Å². The van der Waals surface area contributed by atoms with Gasteiger partial charge in [-0.25, -0.2) is 56.2 Å². The van der Waals surface area contributed by atoms with Gasteiger partial charge in [0.2, 0.25) is 20.0 Å². The van der Waals surface area contributed by atoms with Crippen molar-refractivity contribution in [2.24, 2.45) is 0 Å². The highest BCUT2D eigenvalue weighted by atomic mass is 32.2. The van der Waals surface area contributed by atoms with E-state index < -0.39 is 20.0 Å². The molecule has 0 radical (unpaired) electrons. The second-order valence-corrected chi connectivity index (χ2v) is 19.3. The van der Waals surface area contributed by atoms with Crippen LogP contribution in [0.2, 0.25) is 0 Å². The van der Waals surface area contributed by atoms with E-state index in [2.05, 4.69) is 19.4 Å². The minimum Gasteiger partial charge on any atom is -0.324 e. The van der Waals surface area contributed by atoms with Crippen LogP contribution in [0.15, 0.2) is 94.7 Å². The molecule has 0 unspecified atom stereocenters. The first-order valence-corrected chi connectivity index (χ1v) is 23.5. The molecule has 2 saturated carbocycles. The van der Waals surface area contributed by atoms with Crippen molar-refractivity contribution in [2.45, 2.75) is 86.1 Å². The average Bonchev–Trinajstić information content (AvgIpc) is 4.00. The lowest BCUT2D eigenvalue weighted by atomic mass is 9.96. The minimum absolute atomic E-state index is 0.0763. The van der Waals surface area contributed by atoms with Crippen molar-refractivity contribution in [3.8, 4) is 45.6 Å². The molecule has 2 aliphatic carbocycles. The third-order valence-electron chi connectivity index (χ3n) is 12.1. The van der Waals surface area contributed by atoms with Gasteiger partial charge in [-0.05, 0) is 37.8 Å². The number of hydrogen-bond donors (Lipinski definition) is 4. The quantitative estimate of drug-likeness (QED) is 0.127. The number of aromatic nitrogens is 8. The average molecular weight is 837 g/mol. The van der Waals surface area contributed by atoms with Gasteiger partial charge in [0.1, 0.15) is 22.6 Å². The Labute approximate surface area is 345 Å². The molecule has 0 atom stereocenters. The summed E-state index contributed by atoms with van der Waals surface area (Å²) in [5, 5.41) is 2.89.